The Hall–Kier alpha value is -2.87. The van der Waals surface area contributed by atoms with Crippen LogP contribution in [0, 0.1) is 11.8 Å². The molecule has 3 aliphatic rings. The highest BCUT2D eigenvalue weighted by Gasteiger charge is 2.64. The van der Waals surface area contributed by atoms with Gasteiger partial charge in [0.15, 0.2) is 11.7 Å². The molecule has 1 aliphatic carbocycles. The standard InChI is InChI=1S/C27H31NO6/c1-25(2)18-14-19(18)26(3,34-25)13-12-15-6-11-20-21(22(15)29)27(31,23(33-5)24(30)28-20)16-7-9-17(32-4)10-8-16/h6-13,18-19,23,29,31H,14H2,1-5H3,(H,28,30). The van der Waals surface area contributed by atoms with Gasteiger partial charge in [-0.3, -0.25) is 4.79 Å². The van der Waals surface area contributed by atoms with Crippen LogP contribution in [0.4, 0.5) is 5.69 Å². The number of carbonyl (C=O) groups is 1. The van der Waals surface area contributed by atoms with Crippen molar-refractivity contribution in [2.45, 2.75) is 50.1 Å². The highest BCUT2D eigenvalue weighted by molar-refractivity contribution is 6.00. The Labute approximate surface area is 199 Å². The number of nitrogens with one attached hydrogen (secondary N) is 1. The number of methoxy groups -OCH3 is 2. The van der Waals surface area contributed by atoms with E-state index >= 15 is 0 Å². The summed E-state index contributed by atoms with van der Waals surface area (Å²) in [5, 5.41) is 26.1. The molecule has 1 saturated heterocycles. The van der Waals surface area contributed by atoms with Crippen LogP contribution in [0.5, 0.6) is 11.5 Å². The molecule has 2 aromatic rings. The number of phenols is 1. The lowest BCUT2D eigenvalue weighted by Crippen LogP contribution is -2.52. The first-order chi connectivity index (χ1) is 16.0. The van der Waals surface area contributed by atoms with Gasteiger partial charge in [0.05, 0.1) is 29.6 Å². The number of benzene rings is 2. The number of rotatable bonds is 5. The second-order valence-corrected chi connectivity index (χ2v) is 10.2. The van der Waals surface area contributed by atoms with Gasteiger partial charge in [-0.25, -0.2) is 0 Å². The van der Waals surface area contributed by atoms with Crippen molar-refractivity contribution in [2.24, 2.45) is 11.8 Å². The molecule has 0 bridgehead atoms. The van der Waals surface area contributed by atoms with Crippen molar-refractivity contribution in [2.75, 3.05) is 19.5 Å². The molecule has 5 unspecified atom stereocenters. The zero-order valence-corrected chi connectivity index (χ0v) is 20.1. The highest BCUT2D eigenvalue weighted by atomic mass is 16.5. The third-order valence-electron chi connectivity index (χ3n) is 7.73. The maximum absolute atomic E-state index is 12.8. The van der Waals surface area contributed by atoms with E-state index < -0.39 is 23.2 Å². The molecule has 2 aromatic carbocycles. The average Bonchev–Trinajstić information content (AvgIpc) is 3.58. The van der Waals surface area contributed by atoms with Gasteiger partial charge in [-0.2, -0.15) is 0 Å². The van der Waals surface area contributed by atoms with Gasteiger partial charge < -0.3 is 29.7 Å². The maximum Gasteiger partial charge on any atom is 0.257 e. The van der Waals surface area contributed by atoms with Crippen molar-refractivity contribution >= 4 is 17.7 Å². The SMILES string of the molecule is COc1ccc(C2(O)c3c(ccc(C=CC4(C)OC(C)(C)C5CC54)c3O)NC(=O)C2OC)cc1. The quantitative estimate of drug-likeness (QED) is 0.621. The Morgan fingerprint density at radius 1 is 1.09 bits per heavy atom. The molecule has 0 aromatic heterocycles. The molecular formula is C27H31NO6. The summed E-state index contributed by atoms with van der Waals surface area (Å²) in [6.07, 6.45) is 3.69. The van der Waals surface area contributed by atoms with Crippen LogP contribution in [0.2, 0.25) is 0 Å². The largest absolute Gasteiger partial charge is 0.507 e. The summed E-state index contributed by atoms with van der Waals surface area (Å²) in [6, 6.07) is 10.1. The first-order valence-electron chi connectivity index (χ1n) is 11.5. The predicted octanol–water partition coefficient (Wildman–Crippen LogP) is 3.82. The first kappa shape index (κ1) is 22.9. The number of aliphatic hydroxyl groups is 1. The van der Waals surface area contributed by atoms with Crippen molar-refractivity contribution < 1.29 is 29.2 Å². The molecule has 5 rings (SSSR count). The van der Waals surface area contributed by atoms with E-state index in [0.717, 1.165) is 6.42 Å². The Balaban J connectivity index is 1.60. The van der Waals surface area contributed by atoms with Crippen molar-refractivity contribution in [1.82, 2.24) is 0 Å². The summed E-state index contributed by atoms with van der Waals surface area (Å²) >= 11 is 0. The van der Waals surface area contributed by atoms with E-state index in [1.54, 1.807) is 43.5 Å². The van der Waals surface area contributed by atoms with Crippen molar-refractivity contribution in [3.05, 3.63) is 59.2 Å². The monoisotopic (exact) mass is 465 g/mol. The molecule has 2 heterocycles. The lowest BCUT2D eigenvalue weighted by molar-refractivity contribution is -0.142. The van der Waals surface area contributed by atoms with E-state index in [-0.39, 0.29) is 16.9 Å². The number of amides is 1. The zero-order chi connectivity index (χ0) is 24.5. The molecule has 34 heavy (non-hydrogen) atoms. The van der Waals surface area contributed by atoms with Crippen molar-refractivity contribution in [1.29, 1.82) is 0 Å². The van der Waals surface area contributed by atoms with Crippen LogP contribution in [0.1, 0.15) is 43.9 Å². The Bertz CT molecular complexity index is 1170. The van der Waals surface area contributed by atoms with E-state index in [9.17, 15) is 15.0 Å². The molecule has 2 fully saturated rings. The number of ether oxygens (including phenoxy) is 3. The molecule has 0 spiro atoms. The van der Waals surface area contributed by atoms with Crippen LogP contribution in [0.3, 0.4) is 0 Å². The van der Waals surface area contributed by atoms with Gasteiger partial charge in [0.2, 0.25) is 0 Å². The fraction of sp³-hybridized carbons (Fsp3) is 0.444. The number of phenolic OH excluding ortho intramolecular Hbond substituents is 1. The number of hydrogen-bond donors (Lipinski definition) is 3. The van der Waals surface area contributed by atoms with Crippen LogP contribution in [0.15, 0.2) is 42.5 Å². The van der Waals surface area contributed by atoms with Crippen LogP contribution in [0.25, 0.3) is 6.08 Å². The minimum Gasteiger partial charge on any atom is -0.507 e. The van der Waals surface area contributed by atoms with E-state index in [4.69, 9.17) is 14.2 Å². The van der Waals surface area contributed by atoms with Crippen LogP contribution < -0.4 is 10.1 Å². The second kappa shape index (κ2) is 7.57. The van der Waals surface area contributed by atoms with Gasteiger partial charge in [0.25, 0.3) is 5.91 Å². The minimum atomic E-state index is -1.91. The summed E-state index contributed by atoms with van der Waals surface area (Å²) in [4.78, 5) is 12.8. The summed E-state index contributed by atoms with van der Waals surface area (Å²) in [6.45, 7) is 6.32. The van der Waals surface area contributed by atoms with Gasteiger partial charge in [0, 0.05) is 12.7 Å². The topological polar surface area (TPSA) is 97.3 Å². The third kappa shape index (κ3) is 3.26. The fourth-order valence-corrected chi connectivity index (χ4v) is 5.90. The van der Waals surface area contributed by atoms with E-state index in [0.29, 0.717) is 34.4 Å². The summed E-state index contributed by atoms with van der Waals surface area (Å²) in [5.74, 6) is 0.977. The van der Waals surface area contributed by atoms with Crippen molar-refractivity contribution in [3.8, 4) is 11.5 Å². The van der Waals surface area contributed by atoms with Gasteiger partial charge in [0.1, 0.15) is 11.5 Å². The average molecular weight is 466 g/mol. The molecule has 180 valence electrons. The molecule has 7 heteroatoms. The van der Waals surface area contributed by atoms with Gasteiger partial charge >= 0.3 is 0 Å². The predicted molar refractivity (Wildman–Crippen MR) is 128 cm³/mol. The Morgan fingerprint density at radius 3 is 2.35 bits per heavy atom. The Kier molecular flexibility index (Phi) is 5.10. The zero-order valence-electron chi connectivity index (χ0n) is 20.1. The third-order valence-corrected chi connectivity index (χ3v) is 7.73. The molecule has 7 nitrogen and oxygen atoms in total. The smallest absolute Gasteiger partial charge is 0.257 e. The molecule has 3 N–H and O–H groups in total. The normalized spacial score (nSPS) is 33.4. The number of anilines is 1. The molecule has 0 radical (unpaired) electrons. The number of fused-ring (bicyclic) bond motifs is 2. The number of hydrogen-bond acceptors (Lipinski definition) is 6. The highest BCUT2D eigenvalue weighted by Crippen LogP contribution is 2.62. The molecule has 1 saturated carbocycles. The lowest BCUT2D eigenvalue weighted by Gasteiger charge is -2.40. The summed E-state index contributed by atoms with van der Waals surface area (Å²) in [7, 11) is 2.91. The van der Waals surface area contributed by atoms with Crippen LogP contribution in [-0.2, 0) is 19.9 Å². The van der Waals surface area contributed by atoms with Crippen LogP contribution >= 0.6 is 0 Å². The number of aromatic hydroxyl groups is 1. The molecule has 1 amide bonds. The van der Waals surface area contributed by atoms with Gasteiger partial charge in [-0.15, -0.1) is 0 Å². The van der Waals surface area contributed by atoms with E-state index in [1.165, 1.54) is 7.11 Å². The summed E-state index contributed by atoms with van der Waals surface area (Å²) in [5.41, 5.74) is -1.07. The lowest BCUT2D eigenvalue weighted by atomic mass is 9.76. The minimum absolute atomic E-state index is 0.123. The van der Waals surface area contributed by atoms with E-state index in [1.807, 2.05) is 12.2 Å². The first-order valence-corrected chi connectivity index (χ1v) is 11.5. The molecular weight excluding hydrogens is 434 g/mol. The molecule has 2 aliphatic heterocycles. The fourth-order valence-electron chi connectivity index (χ4n) is 5.90. The second-order valence-electron chi connectivity index (χ2n) is 10.2. The number of carbonyl (C=O) groups excluding carboxylic acids is 1. The van der Waals surface area contributed by atoms with Gasteiger partial charge in [-0.05, 0) is 68.9 Å². The van der Waals surface area contributed by atoms with Gasteiger partial charge in [-0.1, -0.05) is 24.3 Å². The molecule has 5 atom stereocenters. The van der Waals surface area contributed by atoms with Crippen molar-refractivity contribution in [3.63, 3.8) is 0 Å². The van der Waals surface area contributed by atoms with E-state index in [2.05, 4.69) is 26.1 Å². The van der Waals surface area contributed by atoms with Crippen LogP contribution in [-0.4, -0.2) is 47.6 Å². The summed E-state index contributed by atoms with van der Waals surface area (Å²) < 4.78 is 17.0. The maximum atomic E-state index is 12.8. The Morgan fingerprint density at radius 2 is 1.79 bits per heavy atom.